The van der Waals surface area contributed by atoms with E-state index in [2.05, 4.69) is 46.4 Å². The van der Waals surface area contributed by atoms with Gasteiger partial charge < -0.3 is 5.73 Å². The fourth-order valence-corrected chi connectivity index (χ4v) is 3.75. The maximum atomic E-state index is 11.4. The van der Waals surface area contributed by atoms with Gasteiger partial charge in [0.05, 0.1) is 0 Å². The molecule has 1 heterocycles. The second-order valence-corrected chi connectivity index (χ2v) is 7.80. The third kappa shape index (κ3) is 1.99. The summed E-state index contributed by atoms with van der Waals surface area (Å²) in [4.78, 5) is 14.0. The first-order valence-electron chi connectivity index (χ1n) is 6.61. The Balaban J connectivity index is 2.24. The Bertz CT molecular complexity index is 337. The minimum atomic E-state index is -0.0946. The molecule has 2 fully saturated rings. The van der Waals surface area contributed by atoms with E-state index in [4.69, 9.17) is 5.73 Å². The predicted molar refractivity (Wildman–Crippen MR) is 69.4 cm³/mol. The van der Waals surface area contributed by atoms with E-state index < -0.39 is 0 Å². The molecule has 2 aliphatic rings. The summed E-state index contributed by atoms with van der Waals surface area (Å²) in [7, 11) is 0. The number of carbonyl (C=O) groups excluding carboxylic acids is 1. The first kappa shape index (κ1) is 12.9. The van der Waals surface area contributed by atoms with Crippen molar-refractivity contribution >= 4 is 5.91 Å². The van der Waals surface area contributed by atoms with Gasteiger partial charge in [-0.05, 0) is 38.0 Å². The van der Waals surface area contributed by atoms with Crippen molar-refractivity contribution in [1.82, 2.24) is 4.90 Å². The van der Waals surface area contributed by atoms with Crippen LogP contribution in [-0.4, -0.2) is 28.9 Å². The first-order valence-corrected chi connectivity index (χ1v) is 6.61. The van der Waals surface area contributed by atoms with Gasteiger partial charge in [0.15, 0.2) is 0 Å². The van der Waals surface area contributed by atoms with Crippen molar-refractivity contribution in [3.05, 3.63) is 0 Å². The van der Waals surface area contributed by atoms with Gasteiger partial charge >= 0.3 is 0 Å². The highest BCUT2D eigenvalue weighted by Crippen LogP contribution is 2.60. The van der Waals surface area contributed by atoms with Gasteiger partial charge in [-0.1, -0.05) is 20.8 Å². The van der Waals surface area contributed by atoms with E-state index >= 15 is 0 Å². The van der Waals surface area contributed by atoms with Crippen LogP contribution in [0.4, 0.5) is 0 Å². The molecule has 2 rings (SSSR count). The van der Waals surface area contributed by atoms with Crippen LogP contribution in [0.2, 0.25) is 0 Å². The van der Waals surface area contributed by atoms with Gasteiger partial charge in [0.25, 0.3) is 0 Å². The Morgan fingerprint density at radius 2 is 1.71 bits per heavy atom. The van der Waals surface area contributed by atoms with E-state index in [9.17, 15) is 4.79 Å². The summed E-state index contributed by atoms with van der Waals surface area (Å²) in [6.07, 6.45) is 0. The molecule has 0 spiro atoms. The lowest BCUT2D eigenvalue weighted by atomic mass is 9.81. The van der Waals surface area contributed by atoms with Gasteiger partial charge in [0.1, 0.15) is 0 Å². The van der Waals surface area contributed by atoms with E-state index in [1.165, 1.54) is 0 Å². The van der Waals surface area contributed by atoms with Crippen LogP contribution in [0.3, 0.4) is 0 Å². The van der Waals surface area contributed by atoms with Crippen molar-refractivity contribution in [2.24, 2.45) is 28.9 Å². The second-order valence-electron chi connectivity index (χ2n) is 7.80. The summed E-state index contributed by atoms with van der Waals surface area (Å²) in [6, 6.07) is 0.477. The van der Waals surface area contributed by atoms with Crippen LogP contribution in [0.1, 0.15) is 41.5 Å². The van der Waals surface area contributed by atoms with Crippen LogP contribution in [0.15, 0.2) is 0 Å². The number of nitrogens with two attached hydrogens (primary N) is 1. The molecule has 4 atom stereocenters. The van der Waals surface area contributed by atoms with Crippen molar-refractivity contribution < 1.29 is 4.79 Å². The third-order valence-corrected chi connectivity index (χ3v) is 4.41. The minimum Gasteiger partial charge on any atom is -0.369 e. The Kier molecular flexibility index (Phi) is 2.63. The molecule has 0 bridgehead atoms. The number of carbonyl (C=O) groups is 1. The van der Waals surface area contributed by atoms with Crippen molar-refractivity contribution in [2.75, 3.05) is 6.54 Å². The maximum absolute atomic E-state index is 11.4. The summed E-state index contributed by atoms with van der Waals surface area (Å²) in [5.41, 5.74) is 5.87. The summed E-state index contributed by atoms with van der Waals surface area (Å²) in [5.74, 6) is 1.04. The molecule has 2 N–H and O–H groups in total. The van der Waals surface area contributed by atoms with E-state index in [1.54, 1.807) is 0 Å². The fraction of sp³-hybridized carbons (Fsp3) is 0.929. The van der Waals surface area contributed by atoms with E-state index in [0.717, 1.165) is 6.54 Å². The number of rotatable bonds is 1. The molecule has 17 heavy (non-hydrogen) atoms. The summed E-state index contributed by atoms with van der Waals surface area (Å²) < 4.78 is 0. The minimum absolute atomic E-state index is 0.0946. The lowest BCUT2D eigenvalue weighted by Gasteiger charge is -2.45. The van der Waals surface area contributed by atoms with Gasteiger partial charge in [-0.2, -0.15) is 0 Å². The van der Waals surface area contributed by atoms with Crippen molar-refractivity contribution in [3.8, 4) is 0 Å². The van der Waals surface area contributed by atoms with Gasteiger partial charge in [-0.25, -0.2) is 0 Å². The SMILES string of the molecule is CC(C)(C)[C@@H]1[C@@H]2C(C(N)=O)[C@@H]2CN1C(C)(C)C. The number of piperidine rings is 1. The molecule has 1 saturated heterocycles. The Hall–Kier alpha value is -0.570. The highest BCUT2D eigenvalue weighted by Gasteiger charge is 2.66. The Morgan fingerprint density at radius 3 is 2.06 bits per heavy atom. The monoisotopic (exact) mass is 238 g/mol. The summed E-state index contributed by atoms with van der Waals surface area (Å²) >= 11 is 0. The lowest BCUT2D eigenvalue weighted by Crippen LogP contribution is -2.53. The number of hydrogen-bond donors (Lipinski definition) is 1. The number of hydrogen-bond acceptors (Lipinski definition) is 2. The van der Waals surface area contributed by atoms with Gasteiger partial charge in [0, 0.05) is 24.0 Å². The Morgan fingerprint density at radius 1 is 1.18 bits per heavy atom. The molecule has 1 unspecified atom stereocenters. The van der Waals surface area contributed by atoms with Gasteiger partial charge in [0.2, 0.25) is 5.91 Å². The first-order chi connectivity index (χ1) is 7.55. The van der Waals surface area contributed by atoms with Crippen LogP contribution in [0, 0.1) is 23.2 Å². The predicted octanol–water partition coefficient (Wildman–Crippen LogP) is 1.86. The van der Waals surface area contributed by atoms with Crippen LogP contribution in [-0.2, 0) is 4.79 Å². The molecular formula is C14H26N2O. The van der Waals surface area contributed by atoms with E-state index in [0.29, 0.717) is 17.9 Å². The molecule has 1 saturated carbocycles. The molecular weight excluding hydrogens is 212 g/mol. The highest BCUT2D eigenvalue weighted by molar-refractivity contribution is 5.81. The lowest BCUT2D eigenvalue weighted by molar-refractivity contribution is -0.120. The maximum Gasteiger partial charge on any atom is 0.221 e. The van der Waals surface area contributed by atoms with E-state index in [1.807, 2.05) is 0 Å². The molecule has 3 nitrogen and oxygen atoms in total. The molecule has 0 aromatic rings. The van der Waals surface area contributed by atoms with Gasteiger partial charge in [-0.15, -0.1) is 0 Å². The molecule has 98 valence electrons. The Labute approximate surface area is 105 Å². The molecule has 0 aromatic heterocycles. The van der Waals surface area contributed by atoms with Crippen LogP contribution >= 0.6 is 0 Å². The topological polar surface area (TPSA) is 46.3 Å². The third-order valence-electron chi connectivity index (χ3n) is 4.41. The number of likely N-dealkylation sites (tertiary alicyclic amines) is 1. The van der Waals surface area contributed by atoms with Crippen LogP contribution in [0.5, 0.6) is 0 Å². The van der Waals surface area contributed by atoms with Crippen molar-refractivity contribution in [3.63, 3.8) is 0 Å². The number of fused-ring (bicyclic) bond motifs is 1. The molecule has 1 aliphatic carbocycles. The zero-order valence-electron chi connectivity index (χ0n) is 11.9. The molecule has 0 aromatic carbocycles. The smallest absolute Gasteiger partial charge is 0.221 e. The largest absolute Gasteiger partial charge is 0.369 e. The zero-order chi connectivity index (χ0) is 13.2. The molecule has 1 amide bonds. The highest BCUT2D eigenvalue weighted by atomic mass is 16.1. The fourth-order valence-electron chi connectivity index (χ4n) is 3.75. The van der Waals surface area contributed by atoms with Gasteiger partial charge in [-0.3, -0.25) is 9.69 Å². The zero-order valence-corrected chi connectivity index (χ0v) is 11.9. The number of nitrogens with zero attached hydrogens (tertiary/aromatic N) is 1. The van der Waals surface area contributed by atoms with E-state index in [-0.39, 0.29) is 22.8 Å². The summed E-state index contributed by atoms with van der Waals surface area (Å²) in [5, 5.41) is 0. The average molecular weight is 238 g/mol. The standard InChI is InChI=1S/C14H26N2O/c1-13(2,3)11-9-8(10(9)12(15)17)7-16(11)14(4,5)6/h8-11H,7H2,1-6H3,(H2,15,17)/t8-,9+,10?,11+/m1/s1. The average Bonchev–Trinajstić information content (AvgIpc) is 2.62. The van der Waals surface area contributed by atoms with Crippen molar-refractivity contribution in [1.29, 1.82) is 0 Å². The van der Waals surface area contributed by atoms with Crippen LogP contribution < -0.4 is 5.73 Å². The van der Waals surface area contributed by atoms with Crippen molar-refractivity contribution in [2.45, 2.75) is 53.1 Å². The normalized spacial score (nSPS) is 38.0. The molecule has 0 radical (unpaired) electrons. The molecule has 3 heteroatoms. The summed E-state index contributed by atoms with van der Waals surface area (Å²) in [6.45, 7) is 14.6. The molecule has 1 aliphatic heterocycles. The quantitative estimate of drug-likeness (QED) is 0.758. The number of primary amides is 1. The van der Waals surface area contributed by atoms with Crippen LogP contribution in [0.25, 0.3) is 0 Å². The second kappa shape index (κ2) is 3.47. The number of amides is 1.